The maximum absolute atomic E-state index is 12.8. The normalized spacial score (nSPS) is 10.4. The van der Waals surface area contributed by atoms with Crippen LogP contribution in [0.3, 0.4) is 0 Å². The molecule has 0 spiro atoms. The Bertz CT molecular complexity index is 705. The van der Waals surface area contributed by atoms with E-state index in [4.69, 9.17) is 16.2 Å². The molecule has 0 saturated heterocycles. The van der Waals surface area contributed by atoms with Crippen molar-refractivity contribution in [3.8, 4) is 0 Å². The molecule has 0 heterocycles. The van der Waals surface area contributed by atoms with Crippen molar-refractivity contribution in [1.82, 2.24) is 31.5 Å². The molecule has 15 heteroatoms. The number of thioether (sulfide) groups is 1. The van der Waals surface area contributed by atoms with Crippen LogP contribution in [0.5, 0.6) is 0 Å². The van der Waals surface area contributed by atoms with Crippen LogP contribution in [0.25, 0.3) is 0 Å². The Labute approximate surface area is 248 Å². The van der Waals surface area contributed by atoms with E-state index < -0.39 is 30.2 Å². The number of urea groups is 4. The fraction of sp³-hybridized carbons (Fsp3) is 0.808. The lowest BCUT2D eigenvalue weighted by atomic mass is 10.2. The van der Waals surface area contributed by atoms with Gasteiger partial charge in [0, 0.05) is 45.0 Å². The van der Waals surface area contributed by atoms with Gasteiger partial charge in [-0.3, -0.25) is 0 Å². The molecule has 0 saturated carbocycles. The molecule has 0 aliphatic heterocycles. The summed E-state index contributed by atoms with van der Waals surface area (Å²) in [5.41, 5.74) is 10.1. The summed E-state index contributed by atoms with van der Waals surface area (Å²) < 4.78 is 5.04. The summed E-state index contributed by atoms with van der Waals surface area (Å²) in [6, 6.07) is -1.92. The summed E-state index contributed by atoms with van der Waals surface area (Å²) in [5.74, 6) is 0.761. The van der Waals surface area contributed by atoms with E-state index >= 15 is 0 Å². The second-order valence-electron chi connectivity index (χ2n) is 9.50. The molecule has 0 bridgehead atoms. The Hall–Kier alpha value is -3.10. The first-order chi connectivity index (χ1) is 19.8. The average molecular weight is 605 g/mol. The lowest BCUT2D eigenvalue weighted by molar-refractivity contribution is 0.153. The van der Waals surface area contributed by atoms with Crippen molar-refractivity contribution in [2.24, 2.45) is 11.5 Å². The van der Waals surface area contributed by atoms with Gasteiger partial charge in [0.15, 0.2) is 0 Å². The number of ether oxygens (including phenoxy) is 1. The highest BCUT2D eigenvalue weighted by atomic mass is 32.2. The number of hydrogen-bond acceptors (Lipinski definition) is 7. The third-order valence-corrected chi connectivity index (χ3v) is 6.52. The van der Waals surface area contributed by atoms with Crippen molar-refractivity contribution in [2.45, 2.75) is 77.0 Å². The van der Waals surface area contributed by atoms with Crippen LogP contribution in [0.1, 0.15) is 77.0 Å². The minimum Gasteiger partial charge on any atom is -0.449 e. The zero-order valence-corrected chi connectivity index (χ0v) is 25.4. The standard InChI is InChI=1S/C26H52N8O6S/c1-41-21-20-40-26(39)33-18-12-6-7-13-19-34(24(37)31-16-10-4-2-8-14-29-22(27)35)25(38)32-17-11-5-3-9-15-30-23(28)36/h2-21H2,1H3,(H,31,37)(H,32,38)(H,33,39)(H3,27,29,35)(H3,28,30,36). The summed E-state index contributed by atoms with van der Waals surface area (Å²) in [4.78, 5) is 59.7. The Balaban J connectivity index is 4.37. The molecule has 0 atom stereocenters. The van der Waals surface area contributed by atoms with Crippen LogP contribution >= 0.6 is 11.8 Å². The SMILES string of the molecule is CSCCOC(=O)NCCCCCCN(C(=O)NCCCCCCNC(N)=O)C(=O)NCCCCCCNC(N)=O. The van der Waals surface area contributed by atoms with E-state index in [1.807, 2.05) is 6.26 Å². The predicted octanol–water partition coefficient (Wildman–Crippen LogP) is 2.81. The van der Waals surface area contributed by atoms with Crippen molar-refractivity contribution in [3.63, 3.8) is 0 Å². The first-order valence-electron chi connectivity index (χ1n) is 14.6. The molecule has 0 aromatic carbocycles. The van der Waals surface area contributed by atoms with Gasteiger partial charge in [-0.15, -0.1) is 0 Å². The van der Waals surface area contributed by atoms with E-state index in [2.05, 4.69) is 26.6 Å². The molecule has 0 unspecified atom stereocenters. The minimum atomic E-state index is -0.536. The summed E-state index contributed by atoms with van der Waals surface area (Å²) in [6.45, 7) is 3.14. The second kappa shape index (κ2) is 27.1. The number of primary amides is 2. The van der Waals surface area contributed by atoms with Gasteiger partial charge in [-0.2, -0.15) is 11.8 Å². The first kappa shape index (κ1) is 37.9. The molecule has 41 heavy (non-hydrogen) atoms. The first-order valence-corrected chi connectivity index (χ1v) is 16.0. The lowest BCUT2D eigenvalue weighted by Gasteiger charge is -2.22. The van der Waals surface area contributed by atoms with Crippen molar-refractivity contribution in [3.05, 3.63) is 0 Å². The fourth-order valence-electron chi connectivity index (χ4n) is 3.71. The molecule has 0 aromatic rings. The number of nitrogens with two attached hydrogens (primary N) is 2. The molecule has 238 valence electrons. The number of unbranched alkanes of at least 4 members (excludes halogenated alkanes) is 9. The van der Waals surface area contributed by atoms with Gasteiger partial charge in [-0.1, -0.05) is 38.5 Å². The third kappa shape index (κ3) is 25.6. The molecule has 0 rings (SSSR count). The van der Waals surface area contributed by atoms with Crippen molar-refractivity contribution in [2.75, 3.05) is 57.9 Å². The molecule has 0 aromatic heterocycles. The summed E-state index contributed by atoms with van der Waals surface area (Å²) in [6.07, 6.45) is 11.3. The van der Waals surface area contributed by atoms with Gasteiger partial charge < -0.3 is 42.8 Å². The maximum atomic E-state index is 12.8. The Morgan fingerprint density at radius 1 is 0.585 bits per heavy atom. The highest BCUT2D eigenvalue weighted by molar-refractivity contribution is 7.98. The van der Waals surface area contributed by atoms with E-state index in [0.29, 0.717) is 52.3 Å². The zero-order valence-electron chi connectivity index (χ0n) is 24.6. The number of nitrogens with zero attached hydrogens (tertiary/aromatic N) is 1. The van der Waals surface area contributed by atoms with Gasteiger partial charge in [0.25, 0.3) is 0 Å². The maximum Gasteiger partial charge on any atom is 0.407 e. The van der Waals surface area contributed by atoms with Gasteiger partial charge >= 0.3 is 30.2 Å². The molecule has 0 aliphatic carbocycles. The smallest absolute Gasteiger partial charge is 0.407 e. The van der Waals surface area contributed by atoms with Gasteiger partial charge in [-0.05, 0) is 44.8 Å². The number of carbonyl (C=O) groups is 5. The monoisotopic (exact) mass is 604 g/mol. The molecule has 0 radical (unpaired) electrons. The highest BCUT2D eigenvalue weighted by Gasteiger charge is 2.20. The molecular weight excluding hydrogens is 552 g/mol. The number of carbonyl (C=O) groups excluding carboxylic acids is 5. The number of alkyl carbamates (subject to hydrolysis) is 1. The number of hydrogen-bond donors (Lipinski definition) is 7. The molecule has 0 fully saturated rings. The minimum absolute atomic E-state index is 0.291. The molecule has 9 N–H and O–H groups in total. The van der Waals surface area contributed by atoms with Crippen LogP contribution in [-0.4, -0.2) is 93.0 Å². The van der Waals surface area contributed by atoms with Crippen molar-refractivity contribution < 1.29 is 28.7 Å². The topological polar surface area (TPSA) is 210 Å². The van der Waals surface area contributed by atoms with Gasteiger partial charge in [-0.25, -0.2) is 28.9 Å². The van der Waals surface area contributed by atoms with Crippen LogP contribution in [0.2, 0.25) is 0 Å². The van der Waals surface area contributed by atoms with E-state index in [9.17, 15) is 24.0 Å². The zero-order chi connectivity index (χ0) is 30.6. The number of imide groups is 1. The van der Waals surface area contributed by atoms with Gasteiger partial charge in [0.1, 0.15) is 6.61 Å². The van der Waals surface area contributed by atoms with Crippen LogP contribution in [0.4, 0.5) is 24.0 Å². The number of amides is 9. The highest BCUT2D eigenvalue weighted by Crippen LogP contribution is 2.05. The van der Waals surface area contributed by atoms with Crippen molar-refractivity contribution >= 4 is 42.0 Å². The quantitative estimate of drug-likeness (QED) is 0.0818. The summed E-state index contributed by atoms with van der Waals surface area (Å²) in [7, 11) is 0. The summed E-state index contributed by atoms with van der Waals surface area (Å²) in [5, 5.41) is 13.5. The predicted molar refractivity (Wildman–Crippen MR) is 162 cm³/mol. The molecule has 0 aliphatic rings. The molecule has 9 amide bonds. The van der Waals surface area contributed by atoms with Crippen LogP contribution in [0.15, 0.2) is 0 Å². The van der Waals surface area contributed by atoms with Gasteiger partial charge in [0.05, 0.1) is 0 Å². The van der Waals surface area contributed by atoms with E-state index in [-0.39, 0.29) is 0 Å². The van der Waals surface area contributed by atoms with Gasteiger partial charge in [0.2, 0.25) is 0 Å². The number of rotatable bonds is 24. The molecular formula is C26H52N8O6S. The third-order valence-electron chi connectivity index (χ3n) is 5.95. The van der Waals surface area contributed by atoms with Crippen LogP contribution < -0.4 is 38.1 Å². The second-order valence-corrected chi connectivity index (χ2v) is 10.5. The van der Waals surface area contributed by atoms with E-state index in [1.165, 1.54) is 4.90 Å². The molecule has 14 nitrogen and oxygen atoms in total. The Morgan fingerprint density at radius 3 is 1.39 bits per heavy atom. The van der Waals surface area contributed by atoms with E-state index in [0.717, 1.165) is 76.4 Å². The largest absolute Gasteiger partial charge is 0.449 e. The number of nitrogens with one attached hydrogen (secondary N) is 5. The Kier molecular flexibility index (Phi) is 25.0. The fourth-order valence-corrected chi connectivity index (χ4v) is 3.96. The van der Waals surface area contributed by atoms with Crippen LogP contribution in [-0.2, 0) is 4.74 Å². The van der Waals surface area contributed by atoms with Crippen molar-refractivity contribution in [1.29, 1.82) is 0 Å². The lowest BCUT2D eigenvalue weighted by Crippen LogP contribution is -2.49. The average Bonchev–Trinajstić information content (AvgIpc) is 2.92. The summed E-state index contributed by atoms with van der Waals surface area (Å²) >= 11 is 1.61. The van der Waals surface area contributed by atoms with Crippen LogP contribution in [0, 0.1) is 0 Å². The van der Waals surface area contributed by atoms with E-state index in [1.54, 1.807) is 11.8 Å². The Morgan fingerprint density at radius 2 is 0.976 bits per heavy atom.